The Balaban J connectivity index is 1.61. The van der Waals surface area contributed by atoms with Crippen LogP contribution in [0.5, 0.6) is 0 Å². The zero-order chi connectivity index (χ0) is 32.8. The summed E-state index contributed by atoms with van der Waals surface area (Å²) in [5.41, 5.74) is 2.91. The summed E-state index contributed by atoms with van der Waals surface area (Å²) in [4.78, 5) is 30.3. The van der Waals surface area contributed by atoms with Gasteiger partial charge in [0.2, 0.25) is 0 Å². The molecule has 1 heterocycles. The molecular weight excluding hydrogens is 633 g/mol. The van der Waals surface area contributed by atoms with Crippen LogP contribution in [0.2, 0.25) is 0 Å². The fourth-order valence-electron chi connectivity index (χ4n) is 4.79. The monoisotopic (exact) mass is 668 g/mol. The first-order chi connectivity index (χ1) is 21.3. The molecule has 0 aliphatic rings. The van der Waals surface area contributed by atoms with E-state index >= 15 is 0 Å². The number of aromatic nitrogens is 2. The Bertz CT molecular complexity index is 1890. The van der Waals surface area contributed by atoms with Gasteiger partial charge in [-0.05, 0) is 35.4 Å². The lowest BCUT2D eigenvalue weighted by Gasteiger charge is -2.16. The first-order valence-electron chi connectivity index (χ1n) is 14.2. The predicted octanol–water partition coefficient (Wildman–Crippen LogP) is 5.25. The van der Waals surface area contributed by atoms with Crippen LogP contribution in [0, 0.1) is 0 Å². The summed E-state index contributed by atoms with van der Waals surface area (Å²) in [6, 6.07) is 21.9. The summed E-state index contributed by atoms with van der Waals surface area (Å²) < 4.78 is 54.4. The molecule has 1 aromatic heterocycles. The molecule has 238 valence electrons. The second-order valence-corrected chi connectivity index (χ2v) is 15.3. The average molecular weight is 669 g/mol. The number of nitrogens with one attached hydrogen (secondary N) is 2. The van der Waals surface area contributed by atoms with Crippen LogP contribution in [0.4, 0.5) is 4.79 Å². The van der Waals surface area contributed by atoms with Gasteiger partial charge in [-0.25, -0.2) is 31.3 Å². The van der Waals surface area contributed by atoms with E-state index in [0.717, 1.165) is 23.8 Å². The number of hydrogen-bond acceptors (Lipinski definition) is 8. The molecule has 0 radical (unpaired) electrons. The highest BCUT2D eigenvalue weighted by atomic mass is 32.2. The van der Waals surface area contributed by atoms with Crippen LogP contribution < -0.4 is 10.0 Å². The number of imidazole rings is 1. The van der Waals surface area contributed by atoms with Gasteiger partial charge in [-0.15, -0.1) is 11.8 Å². The number of amides is 2. The number of carbonyl (C=O) groups excluding carboxylic acids is 2. The third-order valence-corrected chi connectivity index (χ3v) is 10.0. The number of sulfone groups is 1. The fraction of sp³-hybridized carbons (Fsp3) is 0.281. The predicted molar refractivity (Wildman–Crippen MR) is 177 cm³/mol. The lowest BCUT2D eigenvalue weighted by atomic mass is 10.0. The van der Waals surface area contributed by atoms with Gasteiger partial charge in [0.15, 0.2) is 15.6 Å². The Kier molecular flexibility index (Phi) is 10.9. The number of hydrogen-bond donors (Lipinski definition) is 2. The Morgan fingerprint density at radius 1 is 0.911 bits per heavy atom. The van der Waals surface area contributed by atoms with Crippen LogP contribution in [-0.4, -0.2) is 56.5 Å². The highest BCUT2D eigenvalue weighted by molar-refractivity contribution is 7.98. The van der Waals surface area contributed by atoms with E-state index in [2.05, 4.69) is 10.0 Å². The maximum Gasteiger partial charge on any atom is 0.328 e. The number of benzene rings is 3. The molecule has 10 nitrogen and oxygen atoms in total. The van der Waals surface area contributed by atoms with Crippen molar-refractivity contribution in [2.75, 3.05) is 18.3 Å². The molecule has 2 amide bonds. The first-order valence-corrected chi connectivity index (χ1v) is 19.0. The fourth-order valence-corrected chi connectivity index (χ4v) is 7.16. The van der Waals surface area contributed by atoms with Crippen molar-refractivity contribution < 1.29 is 26.4 Å². The number of urea groups is 1. The molecular formula is C32H36N4O6S3. The lowest BCUT2D eigenvalue weighted by Crippen LogP contribution is -2.39. The van der Waals surface area contributed by atoms with Gasteiger partial charge in [0.1, 0.15) is 22.3 Å². The van der Waals surface area contributed by atoms with E-state index in [1.807, 2.05) is 56.3 Å². The first kappa shape index (κ1) is 33.9. The highest BCUT2D eigenvalue weighted by Crippen LogP contribution is 2.31. The van der Waals surface area contributed by atoms with Gasteiger partial charge < -0.3 is 9.88 Å². The summed E-state index contributed by atoms with van der Waals surface area (Å²) in [7, 11) is -7.77. The Labute approximate surface area is 268 Å². The number of carbonyl (C=O) groups is 2. The third kappa shape index (κ3) is 8.62. The lowest BCUT2D eigenvalue weighted by molar-refractivity contribution is 0.100. The molecule has 0 saturated heterocycles. The number of nitrogens with zero attached hydrogens (tertiary/aromatic N) is 2. The summed E-state index contributed by atoms with van der Waals surface area (Å²) in [5.74, 6) is -0.422. The van der Waals surface area contributed by atoms with Crippen LogP contribution in [0.15, 0.2) is 88.8 Å². The number of sulfonamides is 1. The van der Waals surface area contributed by atoms with E-state index < -0.39 is 37.4 Å². The van der Waals surface area contributed by atoms with E-state index in [-0.39, 0.29) is 29.6 Å². The van der Waals surface area contributed by atoms with Crippen molar-refractivity contribution in [3.05, 3.63) is 102 Å². The maximum atomic E-state index is 13.3. The smallest absolute Gasteiger partial charge is 0.328 e. The van der Waals surface area contributed by atoms with Gasteiger partial charge in [0.25, 0.3) is 10.0 Å². The number of ketones is 1. The van der Waals surface area contributed by atoms with Crippen molar-refractivity contribution in [3.8, 4) is 11.1 Å². The Hall–Kier alpha value is -3.94. The number of Topliss-reactive ketones (excluding diaryl/α,β-unsaturated/α-hetero) is 1. The van der Waals surface area contributed by atoms with Gasteiger partial charge in [0.05, 0.1) is 4.90 Å². The van der Waals surface area contributed by atoms with Crippen molar-refractivity contribution in [2.45, 2.75) is 49.2 Å². The normalized spacial score (nSPS) is 12.4. The number of rotatable bonds is 13. The molecule has 4 rings (SSSR count). The molecule has 0 fully saturated rings. The van der Waals surface area contributed by atoms with E-state index in [1.165, 1.54) is 17.8 Å². The Morgan fingerprint density at radius 2 is 1.56 bits per heavy atom. The molecule has 0 aliphatic heterocycles. The Morgan fingerprint density at radius 3 is 2.18 bits per heavy atom. The van der Waals surface area contributed by atoms with Gasteiger partial charge in [-0.3, -0.25) is 4.79 Å². The van der Waals surface area contributed by atoms with Crippen molar-refractivity contribution in [1.29, 1.82) is 0 Å². The second-order valence-electron chi connectivity index (χ2n) is 10.7. The van der Waals surface area contributed by atoms with E-state index in [0.29, 0.717) is 22.0 Å². The summed E-state index contributed by atoms with van der Waals surface area (Å²) in [6.45, 7) is 4.45. The minimum Gasteiger partial charge on any atom is -0.333 e. The molecule has 0 spiro atoms. The van der Waals surface area contributed by atoms with E-state index in [4.69, 9.17) is 4.98 Å². The SMILES string of the molecule is CCC(C)c1nc(SC)c(C(=O)CS(C)(=O)=O)n1Cc1ccc(-c2ccccc2S(=O)(=O)NC(=O)NCc2ccccc2)cc1. The van der Waals surface area contributed by atoms with Crippen molar-refractivity contribution in [2.24, 2.45) is 0 Å². The highest BCUT2D eigenvalue weighted by Gasteiger charge is 2.27. The molecule has 0 bridgehead atoms. The van der Waals surface area contributed by atoms with Gasteiger partial charge in [-0.2, -0.15) is 0 Å². The molecule has 45 heavy (non-hydrogen) atoms. The standard InChI is InChI=1S/C32H36N4O6S3/c1-5-22(2)30-34-31(43-3)29(27(37)21-44(4,39)40)36(30)20-24-15-17-25(18-16-24)26-13-9-10-14-28(26)45(41,42)35-32(38)33-19-23-11-7-6-8-12-23/h6-18,22H,5,19-21H2,1-4H3,(H2,33,35,38). The van der Waals surface area contributed by atoms with Crippen LogP contribution in [0.25, 0.3) is 11.1 Å². The van der Waals surface area contributed by atoms with Gasteiger partial charge in [-0.1, -0.05) is 86.6 Å². The molecule has 0 aliphatic carbocycles. The number of thioether (sulfide) groups is 1. The van der Waals surface area contributed by atoms with Crippen LogP contribution in [0.1, 0.15) is 53.6 Å². The quantitative estimate of drug-likeness (QED) is 0.145. The van der Waals surface area contributed by atoms with Crippen LogP contribution >= 0.6 is 11.8 Å². The van der Waals surface area contributed by atoms with Gasteiger partial charge in [0, 0.05) is 30.8 Å². The van der Waals surface area contributed by atoms with Gasteiger partial charge >= 0.3 is 6.03 Å². The third-order valence-electron chi connectivity index (χ3n) is 7.17. The minimum atomic E-state index is -4.21. The second kappa shape index (κ2) is 14.4. The van der Waals surface area contributed by atoms with Crippen LogP contribution in [-0.2, 0) is 33.0 Å². The molecule has 0 saturated carbocycles. The molecule has 2 N–H and O–H groups in total. The van der Waals surface area contributed by atoms with E-state index in [9.17, 15) is 26.4 Å². The zero-order valence-corrected chi connectivity index (χ0v) is 27.9. The van der Waals surface area contributed by atoms with Crippen molar-refractivity contribution in [1.82, 2.24) is 19.6 Å². The zero-order valence-electron chi connectivity index (χ0n) is 25.5. The molecule has 13 heteroatoms. The average Bonchev–Trinajstić information content (AvgIpc) is 3.38. The summed E-state index contributed by atoms with van der Waals surface area (Å²) >= 11 is 1.29. The van der Waals surface area contributed by atoms with Crippen LogP contribution in [0.3, 0.4) is 0 Å². The van der Waals surface area contributed by atoms with Crippen molar-refractivity contribution in [3.63, 3.8) is 0 Å². The molecule has 1 atom stereocenters. The molecule has 3 aromatic carbocycles. The topological polar surface area (TPSA) is 144 Å². The van der Waals surface area contributed by atoms with Crippen molar-refractivity contribution >= 4 is 43.4 Å². The summed E-state index contributed by atoms with van der Waals surface area (Å²) in [6.07, 6.45) is 3.60. The molecule has 4 aromatic rings. The maximum absolute atomic E-state index is 13.3. The minimum absolute atomic E-state index is 0.0180. The largest absolute Gasteiger partial charge is 0.333 e. The molecule has 1 unspecified atom stereocenters. The summed E-state index contributed by atoms with van der Waals surface area (Å²) in [5, 5.41) is 3.05. The van der Waals surface area contributed by atoms with E-state index in [1.54, 1.807) is 41.2 Å².